The van der Waals surface area contributed by atoms with Crippen LogP contribution in [-0.4, -0.2) is 34.2 Å². The van der Waals surface area contributed by atoms with Crippen molar-refractivity contribution >= 4 is 17.2 Å². The SMILES string of the molecule is CN(Cc1cc(C(N)=S)ccc1F)CC(C)(C)O. The first-order chi connectivity index (χ1) is 8.19. The molecule has 3 N–H and O–H groups in total. The Morgan fingerprint density at radius 3 is 2.61 bits per heavy atom. The summed E-state index contributed by atoms with van der Waals surface area (Å²) in [6.45, 7) is 4.27. The van der Waals surface area contributed by atoms with Crippen molar-refractivity contribution in [2.75, 3.05) is 13.6 Å². The minimum Gasteiger partial charge on any atom is -0.389 e. The van der Waals surface area contributed by atoms with E-state index in [9.17, 15) is 9.50 Å². The first-order valence-electron chi connectivity index (χ1n) is 5.68. The van der Waals surface area contributed by atoms with Crippen molar-refractivity contribution < 1.29 is 9.50 Å². The molecular formula is C13H19FN2OS. The summed E-state index contributed by atoms with van der Waals surface area (Å²) in [5.41, 5.74) is 5.88. The highest BCUT2D eigenvalue weighted by molar-refractivity contribution is 7.80. The van der Waals surface area contributed by atoms with Gasteiger partial charge in [0.15, 0.2) is 0 Å². The third kappa shape index (κ3) is 4.68. The van der Waals surface area contributed by atoms with E-state index in [1.165, 1.54) is 6.07 Å². The van der Waals surface area contributed by atoms with Gasteiger partial charge < -0.3 is 10.8 Å². The van der Waals surface area contributed by atoms with Crippen LogP contribution in [0.25, 0.3) is 0 Å². The van der Waals surface area contributed by atoms with E-state index in [2.05, 4.69) is 0 Å². The lowest BCUT2D eigenvalue weighted by molar-refractivity contribution is 0.0422. The highest BCUT2D eigenvalue weighted by Crippen LogP contribution is 2.14. The minimum atomic E-state index is -0.813. The predicted molar refractivity (Wildman–Crippen MR) is 74.9 cm³/mol. The molecule has 100 valence electrons. The lowest BCUT2D eigenvalue weighted by Gasteiger charge is -2.25. The average Bonchev–Trinajstić information content (AvgIpc) is 2.18. The number of likely N-dealkylation sites (N-methyl/N-ethyl adjacent to an activating group) is 1. The smallest absolute Gasteiger partial charge is 0.127 e. The minimum absolute atomic E-state index is 0.251. The fraction of sp³-hybridized carbons (Fsp3) is 0.462. The van der Waals surface area contributed by atoms with Crippen molar-refractivity contribution in [2.24, 2.45) is 5.73 Å². The van der Waals surface area contributed by atoms with E-state index in [0.717, 1.165) is 0 Å². The second-order valence-corrected chi connectivity index (χ2v) is 5.59. The van der Waals surface area contributed by atoms with Gasteiger partial charge in [-0.15, -0.1) is 0 Å². The zero-order valence-electron chi connectivity index (χ0n) is 10.9. The van der Waals surface area contributed by atoms with Gasteiger partial charge in [-0.1, -0.05) is 12.2 Å². The molecule has 1 rings (SSSR count). The van der Waals surface area contributed by atoms with Gasteiger partial charge in [0, 0.05) is 24.2 Å². The zero-order valence-corrected chi connectivity index (χ0v) is 11.7. The first kappa shape index (κ1) is 15.0. The summed E-state index contributed by atoms with van der Waals surface area (Å²) in [7, 11) is 1.82. The molecule has 0 aliphatic rings. The van der Waals surface area contributed by atoms with Crippen molar-refractivity contribution in [3.8, 4) is 0 Å². The molecule has 0 amide bonds. The van der Waals surface area contributed by atoms with Crippen LogP contribution >= 0.6 is 12.2 Å². The molecule has 0 atom stereocenters. The Morgan fingerprint density at radius 1 is 1.50 bits per heavy atom. The van der Waals surface area contributed by atoms with Crippen LogP contribution in [-0.2, 0) is 6.54 Å². The number of thiocarbonyl (C=S) groups is 1. The lowest BCUT2D eigenvalue weighted by atomic mass is 10.1. The van der Waals surface area contributed by atoms with Crippen LogP contribution < -0.4 is 5.73 Å². The fourth-order valence-electron chi connectivity index (χ4n) is 1.86. The Labute approximate surface area is 112 Å². The van der Waals surface area contributed by atoms with Crippen LogP contribution in [0.1, 0.15) is 25.0 Å². The number of hydrogen-bond donors (Lipinski definition) is 2. The molecule has 0 heterocycles. The Kier molecular flexibility index (Phi) is 4.78. The highest BCUT2D eigenvalue weighted by atomic mass is 32.1. The molecule has 0 fully saturated rings. The molecule has 1 aromatic rings. The van der Waals surface area contributed by atoms with E-state index < -0.39 is 5.60 Å². The Morgan fingerprint density at radius 2 is 2.11 bits per heavy atom. The van der Waals surface area contributed by atoms with Crippen LogP contribution in [0.3, 0.4) is 0 Å². The Bertz CT molecular complexity index is 443. The number of hydrogen-bond acceptors (Lipinski definition) is 3. The summed E-state index contributed by atoms with van der Waals surface area (Å²) < 4.78 is 13.7. The third-order valence-electron chi connectivity index (χ3n) is 2.43. The van der Waals surface area contributed by atoms with E-state index in [4.69, 9.17) is 18.0 Å². The van der Waals surface area contributed by atoms with Crippen molar-refractivity contribution in [3.05, 3.63) is 35.1 Å². The number of benzene rings is 1. The normalized spacial score (nSPS) is 11.9. The van der Waals surface area contributed by atoms with Crippen molar-refractivity contribution in [3.63, 3.8) is 0 Å². The molecule has 0 aliphatic heterocycles. The number of nitrogens with two attached hydrogens (primary N) is 1. The number of rotatable bonds is 5. The predicted octanol–water partition coefficient (Wildman–Crippen LogP) is 1.66. The monoisotopic (exact) mass is 270 g/mol. The van der Waals surface area contributed by atoms with Crippen LogP contribution in [0.5, 0.6) is 0 Å². The number of aliphatic hydroxyl groups is 1. The molecule has 0 bridgehead atoms. The van der Waals surface area contributed by atoms with E-state index in [1.54, 1.807) is 26.0 Å². The number of nitrogens with zero attached hydrogens (tertiary/aromatic N) is 1. The molecule has 18 heavy (non-hydrogen) atoms. The van der Waals surface area contributed by atoms with Crippen LogP contribution in [0.15, 0.2) is 18.2 Å². The second-order valence-electron chi connectivity index (χ2n) is 5.16. The van der Waals surface area contributed by atoms with Crippen molar-refractivity contribution in [1.82, 2.24) is 4.90 Å². The first-order valence-corrected chi connectivity index (χ1v) is 6.09. The Balaban J connectivity index is 2.83. The molecular weight excluding hydrogens is 251 g/mol. The molecule has 1 aromatic carbocycles. The maximum Gasteiger partial charge on any atom is 0.127 e. The van der Waals surface area contributed by atoms with Crippen molar-refractivity contribution in [1.29, 1.82) is 0 Å². The molecule has 0 saturated carbocycles. The zero-order chi connectivity index (χ0) is 13.9. The Hall–Kier alpha value is -1.04. The van der Waals surface area contributed by atoms with Gasteiger partial charge in [-0.2, -0.15) is 0 Å². The largest absolute Gasteiger partial charge is 0.389 e. The van der Waals surface area contributed by atoms with Crippen LogP contribution in [0, 0.1) is 5.82 Å². The molecule has 0 saturated heterocycles. The molecule has 0 spiro atoms. The molecule has 5 heteroatoms. The van der Waals surface area contributed by atoms with E-state index in [1.807, 2.05) is 11.9 Å². The second kappa shape index (κ2) is 5.73. The fourth-order valence-corrected chi connectivity index (χ4v) is 1.98. The van der Waals surface area contributed by atoms with Gasteiger partial charge in [-0.3, -0.25) is 4.90 Å². The molecule has 0 radical (unpaired) electrons. The number of halogens is 1. The molecule has 0 aliphatic carbocycles. The summed E-state index contributed by atoms with van der Waals surface area (Å²) >= 11 is 4.87. The van der Waals surface area contributed by atoms with Crippen molar-refractivity contribution in [2.45, 2.75) is 26.0 Å². The van der Waals surface area contributed by atoms with E-state index in [0.29, 0.717) is 24.2 Å². The maximum atomic E-state index is 13.7. The standard InChI is InChI=1S/C13H19FN2OS/c1-13(2,17)8-16(3)7-10-6-9(12(15)18)4-5-11(10)14/h4-6,17H,7-8H2,1-3H3,(H2,15,18). The van der Waals surface area contributed by atoms with Gasteiger partial charge in [-0.05, 0) is 39.1 Å². The molecule has 0 unspecified atom stereocenters. The van der Waals surface area contributed by atoms with Gasteiger partial charge in [0.1, 0.15) is 10.8 Å². The summed E-state index contributed by atoms with van der Waals surface area (Å²) in [4.78, 5) is 2.10. The molecule has 0 aromatic heterocycles. The summed E-state index contributed by atoms with van der Waals surface area (Å²) in [5, 5.41) is 9.70. The third-order valence-corrected chi connectivity index (χ3v) is 2.66. The van der Waals surface area contributed by atoms with E-state index >= 15 is 0 Å². The topological polar surface area (TPSA) is 49.5 Å². The van der Waals surface area contributed by atoms with Gasteiger partial charge in [-0.25, -0.2) is 4.39 Å². The van der Waals surface area contributed by atoms with Gasteiger partial charge in [0.2, 0.25) is 0 Å². The van der Waals surface area contributed by atoms with Crippen LogP contribution in [0.2, 0.25) is 0 Å². The van der Waals surface area contributed by atoms with Gasteiger partial charge >= 0.3 is 0 Å². The summed E-state index contributed by atoms with van der Waals surface area (Å²) in [6, 6.07) is 4.58. The quantitative estimate of drug-likeness (QED) is 0.799. The maximum absolute atomic E-state index is 13.7. The summed E-state index contributed by atoms with van der Waals surface area (Å²) in [5.74, 6) is -0.294. The molecule has 3 nitrogen and oxygen atoms in total. The van der Waals surface area contributed by atoms with E-state index in [-0.39, 0.29) is 10.8 Å². The van der Waals surface area contributed by atoms with Crippen LogP contribution in [0.4, 0.5) is 4.39 Å². The highest BCUT2D eigenvalue weighted by Gasteiger charge is 2.16. The van der Waals surface area contributed by atoms with Gasteiger partial charge in [0.05, 0.1) is 5.60 Å². The summed E-state index contributed by atoms with van der Waals surface area (Å²) in [6.07, 6.45) is 0. The average molecular weight is 270 g/mol. The van der Waals surface area contributed by atoms with Gasteiger partial charge in [0.25, 0.3) is 0 Å². The lowest BCUT2D eigenvalue weighted by Crippen LogP contribution is -2.36.